The summed E-state index contributed by atoms with van der Waals surface area (Å²) >= 11 is 12.4. The molecule has 2 heterocycles. The van der Waals surface area contributed by atoms with E-state index in [1.807, 2.05) is 6.07 Å². The zero-order chi connectivity index (χ0) is 21.0. The van der Waals surface area contributed by atoms with Crippen LogP contribution in [0.2, 0.25) is 10.0 Å². The monoisotopic (exact) mass is 434 g/mol. The minimum Gasteiger partial charge on any atom is -0.477 e. The average molecular weight is 435 g/mol. The van der Waals surface area contributed by atoms with E-state index >= 15 is 0 Å². The number of unbranched alkanes of at least 4 members (excludes halogenated alkanes) is 1. The van der Waals surface area contributed by atoms with Crippen molar-refractivity contribution >= 4 is 41.6 Å². The standard InChI is InChI=1S/C19H17BCl2N2O5/c1-11(25)4-2-3-5-27-18-12(9-23)6-16(22)19(24-18)29-17-7-13-10-28-20(26)14(13)8-15(17)21/h6-8,26H,2-5,10H2,1H3. The number of ketones is 1. The first-order chi connectivity index (χ1) is 13.9. The molecule has 29 heavy (non-hydrogen) atoms. The maximum atomic E-state index is 11.0. The van der Waals surface area contributed by atoms with Crippen molar-refractivity contribution < 1.29 is 23.9 Å². The van der Waals surface area contributed by atoms with Crippen molar-refractivity contribution in [1.29, 1.82) is 5.26 Å². The predicted octanol–water partition coefficient (Wildman–Crippen LogP) is 3.41. The molecule has 0 bridgehead atoms. The molecule has 0 aliphatic carbocycles. The van der Waals surface area contributed by atoms with Gasteiger partial charge in [0, 0.05) is 6.42 Å². The van der Waals surface area contributed by atoms with Gasteiger partial charge < -0.3 is 23.9 Å². The summed E-state index contributed by atoms with van der Waals surface area (Å²) in [5.74, 6) is 0.526. The Morgan fingerprint density at radius 3 is 2.83 bits per heavy atom. The SMILES string of the molecule is CC(=O)CCCCOc1nc(Oc2cc3c(cc2Cl)B(O)OC3)c(Cl)cc1C#N. The van der Waals surface area contributed by atoms with E-state index in [4.69, 9.17) is 37.3 Å². The molecule has 0 saturated carbocycles. The van der Waals surface area contributed by atoms with Gasteiger partial charge in [-0.25, -0.2) is 0 Å². The summed E-state index contributed by atoms with van der Waals surface area (Å²) in [6.07, 6.45) is 1.81. The van der Waals surface area contributed by atoms with Gasteiger partial charge in [0.2, 0.25) is 11.8 Å². The molecule has 1 aliphatic heterocycles. The fourth-order valence-corrected chi connectivity index (χ4v) is 3.17. The summed E-state index contributed by atoms with van der Waals surface area (Å²) in [5, 5.41) is 19.4. The second-order valence-electron chi connectivity index (χ2n) is 6.49. The third kappa shape index (κ3) is 5.20. The van der Waals surface area contributed by atoms with Crippen LogP contribution in [0.1, 0.15) is 37.3 Å². The highest BCUT2D eigenvalue weighted by atomic mass is 35.5. The largest absolute Gasteiger partial charge is 0.491 e. The van der Waals surface area contributed by atoms with Crippen LogP contribution in [0.15, 0.2) is 18.2 Å². The minimum atomic E-state index is -1.02. The van der Waals surface area contributed by atoms with Gasteiger partial charge in [0.1, 0.15) is 28.2 Å². The van der Waals surface area contributed by atoms with Crippen molar-refractivity contribution in [2.24, 2.45) is 0 Å². The number of hydrogen-bond donors (Lipinski definition) is 1. The van der Waals surface area contributed by atoms with Crippen LogP contribution in [0, 0.1) is 11.3 Å². The van der Waals surface area contributed by atoms with Crippen LogP contribution in [0.5, 0.6) is 17.5 Å². The van der Waals surface area contributed by atoms with Gasteiger partial charge >= 0.3 is 7.12 Å². The molecule has 0 saturated heterocycles. The first-order valence-corrected chi connectivity index (χ1v) is 9.67. The van der Waals surface area contributed by atoms with Crippen molar-refractivity contribution in [3.63, 3.8) is 0 Å². The lowest BCUT2D eigenvalue weighted by molar-refractivity contribution is -0.117. The van der Waals surface area contributed by atoms with E-state index in [1.54, 1.807) is 12.1 Å². The Hall–Kier alpha value is -2.31. The number of aromatic nitrogens is 1. The molecule has 0 fully saturated rings. The van der Waals surface area contributed by atoms with E-state index in [0.29, 0.717) is 31.3 Å². The predicted molar refractivity (Wildman–Crippen MR) is 108 cm³/mol. The van der Waals surface area contributed by atoms with Gasteiger partial charge in [0.15, 0.2) is 0 Å². The molecular weight excluding hydrogens is 418 g/mol. The zero-order valence-corrected chi connectivity index (χ0v) is 17.1. The highest BCUT2D eigenvalue weighted by molar-refractivity contribution is 6.62. The highest BCUT2D eigenvalue weighted by Gasteiger charge is 2.29. The van der Waals surface area contributed by atoms with Gasteiger partial charge in [-0.1, -0.05) is 23.2 Å². The van der Waals surface area contributed by atoms with Crippen LogP contribution in [-0.2, 0) is 16.1 Å². The number of carbonyl (C=O) groups excluding carboxylic acids is 1. The lowest BCUT2D eigenvalue weighted by atomic mass is 9.79. The van der Waals surface area contributed by atoms with Crippen LogP contribution in [0.25, 0.3) is 0 Å². The second-order valence-corrected chi connectivity index (χ2v) is 7.31. The molecule has 1 aliphatic rings. The Bertz CT molecular complexity index is 980. The van der Waals surface area contributed by atoms with E-state index in [0.717, 1.165) is 5.56 Å². The van der Waals surface area contributed by atoms with Gasteiger partial charge in [-0.05, 0) is 49.0 Å². The topological polar surface area (TPSA) is 102 Å². The summed E-state index contributed by atoms with van der Waals surface area (Å²) in [6.45, 7) is 2.06. The molecule has 0 unspecified atom stereocenters. The van der Waals surface area contributed by atoms with Crippen LogP contribution in [0.3, 0.4) is 0 Å². The van der Waals surface area contributed by atoms with Crippen LogP contribution in [-0.4, -0.2) is 29.5 Å². The molecule has 3 rings (SSSR count). The molecule has 150 valence electrons. The molecule has 1 N–H and O–H groups in total. The number of nitriles is 1. The van der Waals surface area contributed by atoms with Crippen LogP contribution in [0.4, 0.5) is 0 Å². The van der Waals surface area contributed by atoms with Gasteiger partial charge in [-0.3, -0.25) is 0 Å². The third-order valence-electron chi connectivity index (χ3n) is 4.25. The van der Waals surface area contributed by atoms with Crippen molar-refractivity contribution in [3.8, 4) is 23.6 Å². The summed E-state index contributed by atoms with van der Waals surface area (Å²) in [7, 11) is -1.02. The first-order valence-electron chi connectivity index (χ1n) is 8.91. The normalized spacial score (nSPS) is 12.4. The molecule has 0 spiro atoms. The molecule has 0 atom stereocenters. The number of Topliss-reactive ketones (excluding diaryl/α,β-unsaturated/α-hetero) is 1. The summed E-state index contributed by atoms with van der Waals surface area (Å²) in [5.41, 5.74) is 1.49. The molecular formula is C19H17BCl2N2O5. The molecule has 10 heteroatoms. The quantitative estimate of drug-likeness (QED) is 0.501. The number of carbonyl (C=O) groups is 1. The Labute approximate surface area is 178 Å². The number of rotatable bonds is 8. The van der Waals surface area contributed by atoms with Crippen LogP contribution >= 0.6 is 23.2 Å². The van der Waals surface area contributed by atoms with Gasteiger partial charge in [-0.2, -0.15) is 10.2 Å². The minimum absolute atomic E-state index is 0.0331. The maximum absolute atomic E-state index is 11.0. The number of pyridine rings is 1. The second kappa shape index (κ2) is 9.46. The van der Waals surface area contributed by atoms with E-state index < -0.39 is 7.12 Å². The Balaban J connectivity index is 1.78. The van der Waals surface area contributed by atoms with Crippen molar-refractivity contribution in [3.05, 3.63) is 39.4 Å². The molecule has 7 nitrogen and oxygen atoms in total. The summed E-state index contributed by atoms with van der Waals surface area (Å²) in [6, 6.07) is 6.60. The number of hydrogen-bond acceptors (Lipinski definition) is 7. The van der Waals surface area contributed by atoms with Crippen molar-refractivity contribution in [2.45, 2.75) is 32.8 Å². The lowest BCUT2D eigenvalue weighted by Gasteiger charge is -2.13. The van der Waals surface area contributed by atoms with Crippen molar-refractivity contribution in [2.75, 3.05) is 6.61 Å². The molecule has 0 amide bonds. The highest BCUT2D eigenvalue weighted by Crippen LogP contribution is 2.36. The fourth-order valence-electron chi connectivity index (χ4n) is 2.77. The van der Waals surface area contributed by atoms with Crippen molar-refractivity contribution in [1.82, 2.24) is 4.98 Å². The maximum Gasteiger partial charge on any atom is 0.491 e. The van der Waals surface area contributed by atoms with E-state index in [1.165, 1.54) is 13.0 Å². The number of nitrogens with zero attached hydrogens (tertiary/aromatic N) is 2. The number of halogens is 2. The Morgan fingerprint density at radius 1 is 1.31 bits per heavy atom. The Morgan fingerprint density at radius 2 is 2.10 bits per heavy atom. The first kappa shape index (κ1) is 21.4. The van der Waals surface area contributed by atoms with Gasteiger partial charge in [0.25, 0.3) is 0 Å². The third-order valence-corrected chi connectivity index (χ3v) is 4.82. The fraction of sp³-hybridized carbons (Fsp3) is 0.316. The van der Waals surface area contributed by atoms with Gasteiger partial charge in [-0.15, -0.1) is 0 Å². The molecule has 1 aromatic carbocycles. The zero-order valence-electron chi connectivity index (χ0n) is 15.6. The van der Waals surface area contributed by atoms with E-state index in [9.17, 15) is 15.1 Å². The molecule has 0 radical (unpaired) electrons. The molecule has 1 aromatic heterocycles. The number of benzene rings is 1. The van der Waals surface area contributed by atoms with E-state index in [-0.39, 0.29) is 45.5 Å². The molecule has 2 aromatic rings. The lowest BCUT2D eigenvalue weighted by Crippen LogP contribution is -2.27. The number of fused-ring (bicyclic) bond motifs is 1. The summed E-state index contributed by atoms with van der Waals surface area (Å²) < 4.78 is 16.5. The van der Waals surface area contributed by atoms with E-state index in [2.05, 4.69) is 4.98 Å². The Kier molecular flexibility index (Phi) is 6.98. The smallest absolute Gasteiger partial charge is 0.477 e. The average Bonchev–Trinajstić information content (AvgIpc) is 3.03. The van der Waals surface area contributed by atoms with Gasteiger partial charge in [0.05, 0.1) is 18.2 Å². The number of ether oxygens (including phenoxy) is 2. The van der Waals surface area contributed by atoms with Crippen LogP contribution < -0.4 is 14.9 Å². The summed E-state index contributed by atoms with van der Waals surface area (Å²) in [4.78, 5) is 15.2.